The standard InChI is InChI=1S/C15H30N2O/c1-6-17(7-2)14(18)11-16-13-8-12(3)9-15(4,5)10-13/h12-13,16H,6-11H2,1-5H3. The Bertz CT molecular complexity index is 272. The van der Waals surface area contributed by atoms with Crippen molar-refractivity contribution in [3.05, 3.63) is 0 Å². The second-order valence-corrected chi connectivity index (χ2v) is 6.56. The van der Waals surface area contributed by atoms with Crippen LogP contribution in [0.15, 0.2) is 0 Å². The van der Waals surface area contributed by atoms with E-state index in [-0.39, 0.29) is 5.91 Å². The fourth-order valence-electron chi connectivity index (χ4n) is 3.42. The van der Waals surface area contributed by atoms with E-state index in [1.165, 1.54) is 19.3 Å². The van der Waals surface area contributed by atoms with E-state index in [0.29, 0.717) is 18.0 Å². The number of amides is 1. The third-order valence-corrected chi connectivity index (χ3v) is 4.05. The highest BCUT2D eigenvalue weighted by molar-refractivity contribution is 5.78. The van der Waals surface area contributed by atoms with Gasteiger partial charge >= 0.3 is 0 Å². The number of hydrogen-bond donors (Lipinski definition) is 1. The van der Waals surface area contributed by atoms with E-state index in [0.717, 1.165) is 19.0 Å². The Morgan fingerprint density at radius 1 is 1.28 bits per heavy atom. The van der Waals surface area contributed by atoms with Crippen LogP contribution in [0.3, 0.4) is 0 Å². The maximum Gasteiger partial charge on any atom is 0.236 e. The molecule has 0 bridgehead atoms. The lowest BCUT2D eigenvalue weighted by atomic mass is 9.70. The van der Waals surface area contributed by atoms with Gasteiger partial charge in [-0.2, -0.15) is 0 Å². The molecule has 0 spiro atoms. The molecule has 0 radical (unpaired) electrons. The molecule has 1 rings (SSSR count). The van der Waals surface area contributed by atoms with E-state index in [1.807, 2.05) is 18.7 Å². The Morgan fingerprint density at radius 2 is 1.89 bits per heavy atom. The van der Waals surface area contributed by atoms with Crippen molar-refractivity contribution in [2.75, 3.05) is 19.6 Å². The van der Waals surface area contributed by atoms with Crippen LogP contribution in [0.1, 0.15) is 53.9 Å². The Balaban J connectivity index is 2.41. The Labute approximate surface area is 112 Å². The van der Waals surface area contributed by atoms with Crippen LogP contribution in [-0.2, 0) is 4.79 Å². The predicted molar refractivity (Wildman–Crippen MR) is 76.5 cm³/mol. The molecule has 0 aromatic carbocycles. The van der Waals surface area contributed by atoms with Gasteiger partial charge in [0, 0.05) is 19.1 Å². The molecule has 3 heteroatoms. The van der Waals surface area contributed by atoms with Gasteiger partial charge in [-0.25, -0.2) is 0 Å². The largest absolute Gasteiger partial charge is 0.342 e. The normalized spacial score (nSPS) is 26.9. The lowest BCUT2D eigenvalue weighted by Gasteiger charge is -2.39. The SMILES string of the molecule is CCN(CC)C(=O)CNC1CC(C)CC(C)(C)C1. The molecule has 0 heterocycles. The number of hydrogen-bond acceptors (Lipinski definition) is 2. The molecule has 2 unspecified atom stereocenters. The molecule has 1 saturated carbocycles. The maximum absolute atomic E-state index is 12.0. The summed E-state index contributed by atoms with van der Waals surface area (Å²) in [5.74, 6) is 0.992. The first-order valence-corrected chi connectivity index (χ1v) is 7.39. The van der Waals surface area contributed by atoms with Crippen molar-refractivity contribution >= 4 is 5.91 Å². The number of carbonyl (C=O) groups excluding carboxylic acids is 1. The highest BCUT2D eigenvalue weighted by Crippen LogP contribution is 2.38. The molecular formula is C15H30N2O. The summed E-state index contributed by atoms with van der Waals surface area (Å²) in [6, 6.07) is 0.503. The molecular weight excluding hydrogens is 224 g/mol. The Morgan fingerprint density at radius 3 is 2.39 bits per heavy atom. The number of rotatable bonds is 5. The lowest BCUT2D eigenvalue weighted by Crippen LogP contribution is -2.45. The van der Waals surface area contributed by atoms with Crippen molar-refractivity contribution in [1.29, 1.82) is 0 Å². The summed E-state index contributed by atoms with van der Waals surface area (Å²) in [5.41, 5.74) is 0.410. The van der Waals surface area contributed by atoms with Crippen molar-refractivity contribution < 1.29 is 4.79 Å². The molecule has 1 fully saturated rings. The second-order valence-electron chi connectivity index (χ2n) is 6.56. The van der Waals surface area contributed by atoms with Gasteiger partial charge in [-0.3, -0.25) is 4.79 Å². The van der Waals surface area contributed by atoms with E-state index >= 15 is 0 Å². The zero-order valence-corrected chi connectivity index (χ0v) is 12.8. The van der Waals surface area contributed by atoms with Crippen LogP contribution in [0.4, 0.5) is 0 Å². The molecule has 18 heavy (non-hydrogen) atoms. The van der Waals surface area contributed by atoms with Crippen molar-refractivity contribution in [2.24, 2.45) is 11.3 Å². The van der Waals surface area contributed by atoms with Crippen LogP contribution in [0.5, 0.6) is 0 Å². The average Bonchev–Trinajstić information content (AvgIpc) is 2.25. The predicted octanol–water partition coefficient (Wildman–Crippen LogP) is 2.66. The summed E-state index contributed by atoms with van der Waals surface area (Å²) in [4.78, 5) is 13.8. The summed E-state index contributed by atoms with van der Waals surface area (Å²) in [7, 11) is 0. The first-order chi connectivity index (χ1) is 8.38. The number of carbonyl (C=O) groups is 1. The van der Waals surface area contributed by atoms with Crippen molar-refractivity contribution in [3.63, 3.8) is 0 Å². The van der Waals surface area contributed by atoms with Crippen LogP contribution in [0, 0.1) is 11.3 Å². The third-order valence-electron chi connectivity index (χ3n) is 4.05. The Hall–Kier alpha value is -0.570. The molecule has 106 valence electrons. The monoisotopic (exact) mass is 254 g/mol. The van der Waals surface area contributed by atoms with Crippen LogP contribution in [0.2, 0.25) is 0 Å². The minimum absolute atomic E-state index is 0.232. The van der Waals surface area contributed by atoms with Crippen LogP contribution < -0.4 is 5.32 Å². The van der Waals surface area contributed by atoms with Crippen molar-refractivity contribution in [3.8, 4) is 0 Å². The molecule has 1 amide bonds. The van der Waals surface area contributed by atoms with Crippen LogP contribution in [-0.4, -0.2) is 36.5 Å². The van der Waals surface area contributed by atoms with Crippen molar-refractivity contribution in [1.82, 2.24) is 10.2 Å². The summed E-state index contributed by atoms with van der Waals surface area (Å²) in [6.07, 6.45) is 3.69. The van der Waals surface area contributed by atoms with E-state index in [2.05, 4.69) is 26.1 Å². The second kappa shape index (κ2) is 6.55. The van der Waals surface area contributed by atoms with Gasteiger partial charge in [-0.1, -0.05) is 20.8 Å². The van der Waals surface area contributed by atoms with Gasteiger partial charge in [0.05, 0.1) is 6.54 Å². The first-order valence-electron chi connectivity index (χ1n) is 7.39. The summed E-state index contributed by atoms with van der Waals surface area (Å²) in [6.45, 7) is 13.2. The van der Waals surface area contributed by atoms with E-state index < -0.39 is 0 Å². The highest BCUT2D eigenvalue weighted by Gasteiger charge is 2.31. The van der Waals surface area contributed by atoms with E-state index in [1.54, 1.807) is 0 Å². The molecule has 3 nitrogen and oxygen atoms in total. The molecule has 0 saturated heterocycles. The minimum Gasteiger partial charge on any atom is -0.342 e. The molecule has 1 aliphatic carbocycles. The average molecular weight is 254 g/mol. The summed E-state index contributed by atoms with van der Waals surface area (Å²) in [5, 5.41) is 3.47. The molecule has 2 atom stereocenters. The minimum atomic E-state index is 0.232. The molecule has 0 aliphatic heterocycles. The molecule has 1 aliphatic rings. The van der Waals surface area contributed by atoms with Gasteiger partial charge in [0.1, 0.15) is 0 Å². The lowest BCUT2D eigenvalue weighted by molar-refractivity contribution is -0.130. The number of likely N-dealkylation sites (N-methyl/N-ethyl adjacent to an activating group) is 1. The molecule has 0 aromatic rings. The quantitative estimate of drug-likeness (QED) is 0.818. The fourth-order valence-corrected chi connectivity index (χ4v) is 3.42. The van der Waals surface area contributed by atoms with E-state index in [9.17, 15) is 4.79 Å². The van der Waals surface area contributed by atoms with E-state index in [4.69, 9.17) is 0 Å². The van der Waals surface area contributed by atoms with Gasteiger partial charge in [-0.15, -0.1) is 0 Å². The smallest absolute Gasteiger partial charge is 0.236 e. The molecule has 0 aromatic heterocycles. The van der Waals surface area contributed by atoms with Gasteiger partial charge in [-0.05, 0) is 44.4 Å². The van der Waals surface area contributed by atoms with Gasteiger partial charge < -0.3 is 10.2 Å². The topological polar surface area (TPSA) is 32.3 Å². The van der Waals surface area contributed by atoms with Gasteiger partial charge in [0.15, 0.2) is 0 Å². The fraction of sp³-hybridized carbons (Fsp3) is 0.933. The van der Waals surface area contributed by atoms with Gasteiger partial charge in [0.25, 0.3) is 0 Å². The summed E-state index contributed by atoms with van der Waals surface area (Å²) >= 11 is 0. The zero-order valence-electron chi connectivity index (χ0n) is 12.8. The van der Waals surface area contributed by atoms with Gasteiger partial charge in [0.2, 0.25) is 5.91 Å². The van der Waals surface area contributed by atoms with Crippen LogP contribution >= 0.6 is 0 Å². The third kappa shape index (κ3) is 4.60. The van der Waals surface area contributed by atoms with Crippen LogP contribution in [0.25, 0.3) is 0 Å². The Kier molecular flexibility index (Phi) is 5.64. The summed E-state index contributed by atoms with van der Waals surface area (Å²) < 4.78 is 0. The maximum atomic E-state index is 12.0. The number of nitrogens with zero attached hydrogens (tertiary/aromatic N) is 1. The first kappa shape index (κ1) is 15.5. The number of nitrogens with one attached hydrogen (secondary N) is 1. The molecule has 1 N–H and O–H groups in total. The van der Waals surface area contributed by atoms with Crippen molar-refractivity contribution in [2.45, 2.75) is 59.9 Å². The zero-order chi connectivity index (χ0) is 13.8. The highest BCUT2D eigenvalue weighted by atomic mass is 16.2.